The van der Waals surface area contributed by atoms with E-state index in [1.54, 1.807) is 0 Å². The number of benzene rings is 3. The zero-order valence-corrected chi connectivity index (χ0v) is 21.7. The number of hydrogen-bond donors (Lipinski definition) is 1. The van der Waals surface area contributed by atoms with E-state index in [1.807, 2.05) is 49.4 Å². The smallest absolute Gasteiger partial charge is 0.224 e. The molecule has 0 aliphatic rings. The van der Waals surface area contributed by atoms with Gasteiger partial charge in [0.05, 0.1) is 24.0 Å². The van der Waals surface area contributed by atoms with Crippen molar-refractivity contribution in [2.75, 3.05) is 13.2 Å². The molecule has 1 N–H and O–H groups in total. The molecule has 0 fully saturated rings. The van der Waals surface area contributed by atoms with Crippen molar-refractivity contribution in [1.82, 2.24) is 14.9 Å². The normalized spacial score (nSPS) is 11.1. The highest BCUT2D eigenvalue weighted by atomic mass is 16.5. The largest absolute Gasteiger partial charge is 0.491 e. The topological polar surface area (TPSA) is 56.2 Å². The number of aryl methyl sites for hydroxylation is 3. The molecule has 0 aliphatic carbocycles. The minimum atomic E-state index is 0.0925. The lowest BCUT2D eigenvalue weighted by Gasteiger charge is -2.13. The van der Waals surface area contributed by atoms with Crippen LogP contribution in [0, 0.1) is 20.8 Å². The quantitative estimate of drug-likeness (QED) is 0.247. The number of unbranched alkanes of at least 4 members (excludes halogenated alkanes) is 2. The van der Waals surface area contributed by atoms with Gasteiger partial charge in [-0.25, -0.2) is 4.98 Å². The minimum Gasteiger partial charge on any atom is -0.491 e. The Labute approximate surface area is 214 Å². The highest BCUT2D eigenvalue weighted by molar-refractivity contribution is 5.78. The molecule has 3 aromatic carbocycles. The zero-order valence-electron chi connectivity index (χ0n) is 21.7. The van der Waals surface area contributed by atoms with E-state index in [4.69, 9.17) is 9.72 Å². The van der Waals surface area contributed by atoms with Gasteiger partial charge in [-0.1, -0.05) is 55.0 Å². The maximum atomic E-state index is 12.3. The van der Waals surface area contributed by atoms with Crippen molar-refractivity contribution in [3.05, 3.63) is 94.8 Å². The third-order valence-electron chi connectivity index (χ3n) is 6.87. The average molecular weight is 484 g/mol. The molecule has 188 valence electrons. The molecule has 1 amide bonds. The van der Waals surface area contributed by atoms with Crippen LogP contribution in [0.25, 0.3) is 11.0 Å². The molecule has 0 spiro atoms. The number of carbonyl (C=O) groups excluding carboxylic acids is 1. The first kappa shape index (κ1) is 25.5. The Hall–Kier alpha value is -3.60. The lowest BCUT2D eigenvalue weighted by Crippen LogP contribution is -2.26. The highest BCUT2D eigenvalue weighted by Crippen LogP contribution is 2.22. The van der Waals surface area contributed by atoms with Crippen molar-refractivity contribution in [2.45, 2.75) is 59.4 Å². The molecule has 1 heterocycles. The molecule has 0 saturated carbocycles. The van der Waals surface area contributed by atoms with Gasteiger partial charge in [0, 0.05) is 13.0 Å². The fourth-order valence-corrected chi connectivity index (χ4v) is 4.55. The van der Waals surface area contributed by atoms with E-state index < -0.39 is 0 Å². The number of para-hydroxylation sites is 2. The summed E-state index contributed by atoms with van der Waals surface area (Å²) >= 11 is 0. The highest BCUT2D eigenvalue weighted by Gasteiger charge is 2.11. The van der Waals surface area contributed by atoms with Crippen molar-refractivity contribution >= 4 is 16.9 Å². The van der Waals surface area contributed by atoms with E-state index in [2.05, 4.69) is 48.0 Å². The summed E-state index contributed by atoms with van der Waals surface area (Å²) in [4.78, 5) is 17.2. The van der Waals surface area contributed by atoms with Crippen molar-refractivity contribution in [3.63, 3.8) is 0 Å². The van der Waals surface area contributed by atoms with Gasteiger partial charge in [-0.2, -0.15) is 0 Å². The Balaban J connectivity index is 1.26. The van der Waals surface area contributed by atoms with Crippen LogP contribution in [0.4, 0.5) is 0 Å². The summed E-state index contributed by atoms with van der Waals surface area (Å²) in [5.74, 6) is 2.14. The molecule has 0 unspecified atom stereocenters. The van der Waals surface area contributed by atoms with Crippen LogP contribution in [-0.4, -0.2) is 28.6 Å². The van der Waals surface area contributed by atoms with Gasteiger partial charge in [0.15, 0.2) is 0 Å². The molecule has 36 heavy (non-hydrogen) atoms. The van der Waals surface area contributed by atoms with Gasteiger partial charge in [0.25, 0.3) is 0 Å². The third kappa shape index (κ3) is 6.54. The van der Waals surface area contributed by atoms with Crippen LogP contribution in [0.5, 0.6) is 5.75 Å². The van der Waals surface area contributed by atoms with Crippen molar-refractivity contribution in [2.24, 2.45) is 0 Å². The van der Waals surface area contributed by atoms with Gasteiger partial charge in [-0.15, -0.1) is 0 Å². The van der Waals surface area contributed by atoms with Crippen molar-refractivity contribution in [3.8, 4) is 5.75 Å². The molecule has 1 aromatic heterocycles. The molecule has 0 radical (unpaired) electrons. The summed E-state index contributed by atoms with van der Waals surface area (Å²) in [6, 6.07) is 22.6. The van der Waals surface area contributed by atoms with E-state index >= 15 is 0 Å². The van der Waals surface area contributed by atoms with Gasteiger partial charge in [0.1, 0.15) is 18.2 Å². The summed E-state index contributed by atoms with van der Waals surface area (Å²) in [6.45, 7) is 8.34. The fourth-order valence-electron chi connectivity index (χ4n) is 4.55. The van der Waals surface area contributed by atoms with Crippen LogP contribution < -0.4 is 10.1 Å². The maximum absolute atomic E-state index is 12.3. The molecular formula is C31H37N3O2. The number of fused-ring (bicyclic) bond motifs is 1. The molecule has 0 atom stereocenters. The summed E-state index contributed by atoms with van der Waals surface area (Å²) in [7, 11) is 0. The molecular weight excluding hydrogens is 446 g/mol. The van der Waals surface area contributed by atoms with Gasteiger partial charge in [-0.3, -0.25) is 4.79 Å². The molecule has 0 saturated heterocycles. The van der Waals surface area contributed by atoms with Gasteiger partial charge in [0.2, 0.25) is 5.91 Å². The van der Waals surface area contributed by atoms with Gasteiger partial charge < -0.3 is 14.6 Å². The van der Waals surface area contributed by atoms with E-state index in [0.29, 0.717) is 19.6 Å². The van der Waals surface area contributed by atoms with Crippen LogP contribution in [-0.2, 0) is 24.2 Å². The summed E-state index contributed by atoms with van der Waals surface area (Å²) in [6.07, 6.45) is 4.41. The number of nitrogens with zero attached hydrogens (tertiary/aromatic N) is 2. The number of rotatable bonds is 12. The first-order valence-electron chi connectivity index (χ1n) is 13.0. The lowest BCUT2D eigenvalue weighted by molar-refractivity contribution is -0.120. The molecule has 5 heteroatoms. The fraction of sp³-hybridized carbons (Fsp3) is 0.355. The lowest BCUT2D eigenvalue weighted by atomic mass is 10.1. The number of hydrogen-bond acceptors (Lipinski definition) is 3. The third-order valence-corrected chi connectivity index (χ3v) is 6.87. The second-order valence-electron chi connectivity index (χ2n) is 9.48. The van der Waals surface area contributed by atoms with E-state index in [9.17, 15) is 4.79 Å². The SMILES string of the molecule is Cc1ccccc1CC(=O)NCCCCCc1nc2ccccc2n1CCOc1cccc(C)c1C. The number of amides is 1. The Morgan fingerprint density at radius 1 is 0.889 bits per heavy atom. The Morgan fingerprint density at radius 3 is 2.53 bits per heavy atom. The van der Waals surface area contributed by atoms with Crippen LogP contribution in [0.2, 0.25) is 0 Å². The van der Waals surface area contributed by atoms with Crippen LogP contribution >= 0.6 is 0 Å². The van der Waals surface area contributed by atoms with Gasteiger partial charge >= 0.3 is 0 Å². The number of ether oxygens (including phenoxy) is 1. The first-order chi connectivity index (χ1) is 17.5. The van der Waals surface area contributed by atoms with E-state index in [1.165, 1.54) is 11.1 Å². The maximum Gasteiger partial charge on any atom is 0.224 e. The minimum absolute atomic E-state index is 0.0925. The predicted molar refractivity (Wildman–Crippen MR) is 147 cm³/mol. The molecule has 4 aromatic rings. The standard InChI is InChI=1S/C31H37N3O2/c1-23-13-11-17-29(25(23)3)36-21-20-34-28-16-9-8-15-27(28)33-30(34)18-5-4-10-19-32-31(35)22-26-14-7-6-12-24(26)2/h6-9,11-17H,4-5,10,18-22H2,1-3H3,(H,32,35). The van der Waals surface area contributed by atoms with Crippen molar-refractivity contribution in [1.29, 1.82) is 0 Å². The summed E-state index contributed by atoms with van der Waals surface area (Å²) in [5, 5.41) is 3.07. The van der Waals surface area contributed by atoms with E-state index in [-0.39, 0.29) is 5.91 Å². The first-order valence-corrected chi connectivity index (χ1v) is 13.0. The number of carbonyl (C=O) groups is 1. The van der Waals surface area contributed by atoms with Crippen LogP contribution in [0.15, 0.2) is 66.7 Å². The Morgan fingerprint density at radius 2 is 1.67 bits per heavy atom. The monoisotopic (exact) mass is 483 g/mol. The molecule has 0 bridgehead atoms. The second-order valence-corrected chi connectivity index (χ2v) is 9.48. The zero-order chi connectivity index (χ0) is 25.3. The number of aromatic nitrogens is 2. The summed E-state index contributed by atoms with van der Waals surface area (Å²) < 4.78 is 8.43. The molecule has 0 aliphatic heterocycles. The molecule has 4 rings (SSSR count). The molecule has 5 nitrogen and oxygen atoms in total. The van der Waals surface area contributed by atoms with E-state index in [0.717, 1.165) is 66.0 Å². The summed E-state index contributed by atoms with van der Waals surface area (Å²) in [5.41, 5.74) is 6.88. The van der Waals surface area contributed by atoms with Gasteiger partial charge in [-0.05, 0) is 74.1 Å². The van der Waals surface area contributed by atoms with Crippen LogP contribution in [0.3, 0.4) is 0 Å². The van der Waals surface area contributed by atoms with Crippen LogP contribution in [0.1, 0.15) is 47.3 Å². The predicted octanol–water partition coefficient (Wildman–Crippen LogP) is 6.11. The Bertz CT molecular complexity index is 1310. The number of imidazole rings is 1. The second kappa shape index (κ2) is 12.4. The number of nitrogens with one attached hydrogen (secondary N) is 1. The Kier molecular flexibility index (Phi) is 8.77. The van der Waals surface area contributed by atoms with Crippen molar-refractivity contribution < 1.29 is 9.53 Å². The average Bonchev–Trinajstić information content (AvgIpc) is 3.22.